The number of tetrazole rings is 1. The number of rotatable bonds is 9. The quantitative estimate of drug-likeness (QED) is 0.401. The van der Waals surface area contributed by atoms with Crippen molar-refractivity contribution in [1.82, 2.24) is 35.0 Å². The molecule has 8 nitrogen and oxygen atoms in total. The maximum Gasteiger partial charge on any atom is 0.346 e. The van der Waals surface area contributed by atoms with Crippen LogP contribution in [0.3, 0.4) is 0 Å². The Kier molecular flexibility index (Phi) is 6.79. The van der Waals surface area contributed by atoms with E-state index in [1.807, 2.05) is 48.5 Å². The predicted octanol–water partition coefficient (Wildman–Crippen LogP) is 3.55. The van der Waals surface area contributed by atoms with E-state index < -0.39 is 0 Å². The topological polar surface area (TPSA) is 94.3 Å². The van der Waals surface area contributed by atoms with Gasteiger partial charge in [-0.25, -0.2) is 14.6 Å². The number of nitrogens with one attached hydrogen (secondary N) is 1. The molecule has 0 atom stereocenters. The smallest absolute Gasteiger partial charge is 0.274 e. The first-order valence-corrected chi connectivity index (χ1v) is 11.1. The summed E-state index contributed by atoms with van der Waals surface area (Å²) in [5, 5.41) is 18.8. The number of aromatic amines is 1. The van der Waals surface area contributed by atoms with E-state index in [1.165, 1.54) is 0 Å². The first-order valence-electron chi connectivity index (χ1n) is 11.1. The molecule has 0 bridgehead atoms. The molecule has 0 aliphatic rings. The van der Waals surface area contributed by atoms with Gasteiger partial charge < -0.3 is 0 Å². The third kappa shape index (κ3) is 5.09. The maximum atomic E-state index is 13.0. The first kappa shape index (κ1) is 22.2. The summed E-state index contributed by atoms with van der Waals surface area (Å²) in [6.45, 7) is 5.34. The Balaban J connectivity index is 1.60. The minimum atomic E-state index is -0.0880. The number of benzene rings is 2. The van der Waals surface area contributed by atoms with Crippen LogP contribution in [0.1, 0.15) is 38.1 Å². The van der Waals surface area contributed by atoms with Crippen LogP contribution >= 0.6 is 0 Å². The highest BCUT2D eigenvalue weighted by Crippen LogP contribution is 2.29. The van der Waals surface area contributed by atoms with Crippen LogP contribution in [0.2, 0.25) is 0 Å². The molecule has 4 rings (SSSR count). The maximum absolute atomic E-state index is 13.0. The molecular formula is C25H27N7O. The number of H-pyrrole nitrogens is 1. The van der Waals surface area contributed by atoms with Gasteiger partial charge in [-0.2, -0.15) is 5.10 Å². The summed E-state index contributed by atoms with van der Waals surface area (Å²) in [5.41, 5.74) is 3.92. The molecule has 2 aromatic carbocycles. The number of aromatic nitrogens is 7. The fourth-order valence-corrected chi connectivity index (χ4v) is 3.73. The molecule has 0 saturated carbocycles. The highest BCUT2D eigenvalue weighted by Gasteiger charge is 2.15. The van der Waals surface area contributed by atoms with Crippen molar-refractivity contribution in [2.45, 2.75) is 46.2 Å². The lowest BCUT2D eigenvalue weighted by molar-refractivity contribution is 0.473. The van der Waals surface area contributed by atoms with Gasteiger partial charge in [-0.1, -0.05) is 62.4 Å². The van der Waals surface area contributed by atoms with Crippen LogP contribution in [-0.2, 0) is 19.5 Å². The number of hydrogen-bond acceptors (Lipinski definition) is 5. The molecule has 0 radical (unpaired) electrons. The zero-order valence-electron chi connectivity index (χ0n) is 18.9. The fraction of sp³-hybridized carbons (Fsp3) is 0.320. The van der Waals surface area contributed by atoms with E-state index in [0.29, 0.717) is 37.7 Å². The van der Waals surface area contributed by atoms with Gasteiger partial charge >= 0.3 is 5.69 Å². The van der Waals surface area contributed by atoms with Gasteiger partial charge in [0.15, 0.2) is 5.82 Å². The van der Waals surface area contributed by atoms with Crippen molar-refractivity contribution >= 4 is 0 Å². The zero-order chi connectivity index (χ0) is 23.2. The summed E-state index contributed by atoms with van der Waals surface area (Å²) < 4.78 is 3.31. The van der Waals surface area contributed by atoms with Crippen LogP contribution in [0.15, 0.2) is 53.3 Å². The third-order valence-corrected chi connectivity index (χ3v) is 5.54. The van der Waals surface area contributed by atoms with Gasteiger partial charge in [-0.3, -0.25) is 4.57 Å². The zero-order valence-corrected chi connectivity index (χ0v) is 18.9. The number of nitrogens with zero attached hydrogens (tertiary/aromatic N) is 6. The number of hydrogen-bond donors (Lipinski definition) is 1. The van der Waals surface area contributed by atoms with Crippen molar-refractivity contribution in [3.05, 3.63) is 70.4 Å². The van der Waals surface area contributed by atoms with Gasteiger partial charge in [0.1, 0.15) is 5.82 Å². The summed E-state index contributed by atoms with van der Waals surface area (Å²) >= 11 is 0. The molecule has 0 spiro atoms. The van der Waals surface area contributed by atoms with Crippen molar-refractivity contribution < 1.29 is 0 Å². The van der Waals surface area contributed by atoms with Crippen molar-refractivity contribution in [2.24, 2.45) is 5.92 Å². The first-order chi connectivity index (χ1) is 16.1. The monoisotopic (exact) mass is 441 g/mol. The lowest BCUT2D eigenvalue weighted by Crippen LogP contribution is -2.26. The van der Waals surface area contributed by atoms with Crippen LogP contribution in [0.5, 0.6) is 0 Å². The Morgan fingerprint density at radius 1 is 1.09 bits per heavy atom. The Labute approximate surface area is 192 Å². The predicted molar refractivity (Wildman–Crippen MR) is 127 cm³/mol. The van der Waals surface area contributed by atoms with Crippen molar-refractivity contribution in [3.8, 4) is 34.9 Å². The molecule has 0 unspecified atom stereocenters. The molecule has 8 heteroatoms. The van der Waals surface area contributed by atoms with Crippen molar-refractivity contribution in [1.29, 1.82) is 0 Å². The van der Waals surface area contributed by atoms with E-state index in [2.05, 4.69) is 45.5 Å². The summed E-state index contributed by atoms with van der Waals surface area (Å²) in [6.07, 6.45) is 7.49. The number of terminal acetylenes is 1. The molecule has 0 fully saturated rings. The molecule has 2 heterocycles. The van der Waals surface area contributed by atoms with E-state index in [1.54, 1.807) is 9.25 Å². The van der Waals surface area contributed by atoms with E-state index >= 15 is 0 Å². The molecule has 2 aromatic heterocycles. The molecule has 33 heavy (non-hydrogen) atoms. The Hall–Kier alpha value is -3.99. The minimum absolute atomic E-state index is 0.0880. The van der Waals surface area contributed by atoms with Gasteiger partial charge in [0.2, 0.25) is 0 Å². The SMILES string of the molecule is C#CCCc1nn(CCC(C)C)c(=O)n1Cc1ccc(-c2ccccc2-c2nnn[nH]2)cc1. The van der Waals surface area contributed by atoms with Crippen molar-refractivity contribution in [3.63, 3.8) is 0 Å². The standard InChI is InChI=1S/C25H27N7O/c1-4-5-10-23-28-32(16-15-18(2)3)25(33)31(23)17-19-11-13-20(14-12-19)21-8-6-7-9-22(21)24-26-29-30-27-24/h1,6-9,11-14,18H,5,10,15-17H2,2-3H3,(H,26,27,29,30). The molecule has 0 saturated heterocycles. The Morgan fingerprint density at radius 3 is 2.52 bits per heavy atom. The number of aryl methyl sites for hydroxylation is 2. The van der Waals surface area contributed by atoms with E-state index in [9.17, 15) is 4.79 Å². The molecule has 0 aliphatic heterocycles. The average Bonchev–Trinajstić information content (AvgIpc) is 3.46. The molecule has 168 valence electrons. The highest BCUT2D eigenvalue weighted by molar-refractivity contribution is 5.80. The minimum Gasteiger partial charge on any atom is -0.274 e. The van der Waals surface area contributed by atoms with Gasteiger partial charge in [-0.05, 0) is 39.5 Å². The molecular weight excluding hydrogens is 414 g/mol. The molecule has 0 aliphatic carbocycles. The van der Waals surface area contributed by atoms with Gasteiger partial charge in [0.25, 0.3) is 0 Å². The van der Waals surface area contributed by atoms with Crippen LogP contribution in [-0.4, -0.2) is 35.0 Å². The average molecular weight is 442 g/mol. The highest BCUT2D eigenvalue weighted by atomic mass is 16.2. The second-order valence-corrected chi connectivity index (χ2v) is 8.39. The van der Waals surface area contributed by atoms with E-state index in [0.717, 1.165) is 34.5 Å². The molecule has 4 aromatic rings. The van der Waals surface area contributed by atoms with Gasteiger partial charge in [0.05, 0.1) is 6.54 Å². The second-order valence-electron chi connectivity index (χ2n) is 8.39. The third-order valence-electron chi connectivity index (χ3n) is 5.54. The van der Waals surface area contributed by atoms with Crippen LogP contribution in [0.4, 0.5) is 0 Å². The van der Waals surface area contributed by atoms with Gasteiger partial charge in [-0.15, -0.1) is 17.4 Å². The lowest BCUT2D eigenvalue weighted by Gasteiger charge is -2.09. The normalized spacial score (nSPS) is 11.1. The van der Waals surface area contributed by atoms with Gasteiger partial charge in [0, 0.05) is 24.9 Å². The van der Waals surface area contributed by atoms with Crippen LogP contribution in [0.25, 0.3) is 22.5 Å². The summed E-state index contributed by atoms with van der Waals surface area (Å²) in [5.74, 6) is 4.50. The summed E-state index contributed by atoms with van der Waals surface area (Å²) in [4.78, 5) is 13.0. The van der Waals surface area contributed by atoms with E-state index in [4.69, 9.17) is 6.42 Å². The second kappa shape index (κ2) is 10.1. The summed E-state index contributed by atoms with van der Waals surface area (Å²) in [7, 11) is 0. The lowest BCUT2D eigenvalue weighted by atomic mass is 9.98. The van der Waals surface area contributed by atoms with Crippen molar-refractivity contribution in [2.75, 3.05) is 0 Å². The largest absolute Gasteiger partial charge is 0.346 e. The molecule has 0 amide bonds. The van der Waals surface area contributed by atoms with Crippen LogP contribution in [0, 0.1) is 18.3 Å². The summed E-state index contributed by atoms with van der Waals surface area (Å²) in [6, 6.07) is 16.1. The Bertz CT molecular complexity index is 1290. The Morgan fingerprint density at radius 2 is 1.85 bits per heavy atom. The molecule has 1 N–H and O–H groups in total. The fourth-order valence-electron chi connectivity index (χ4n) is 3.73. The van der Waals surface area contributed by atoms with E-state index in [-0.39, 0.29) is 5.69 Å². The van der Waals surface area contributed by atoms with Crippen LogP contribution < -0.4 is 5.69 Å².